The van der Waals surface area contributed by atoms with Crippen LogP contribution in [0.2, 0.25) is 0 Å². The Morgan fingerprint density at radius 3 is 2.50 bits per heavy atom. The Morgan fingerprint density at radius 2 is 1.75 bits per heavy atom. The van der Waals surface area contributed by atoms with Gasteiger partial charge in [-0.15, -0.1) is 0 Å². The predicted octanol–water partition coefficient (Wildman–Crippen LogP) is 2.06. The molecule has 2 fully saturated rings. The Bertz CT molecular complexity index is 1050. The number of likely N-dealkylation sites (tertiary alicyclic amines) is 1. The zero-order valence-corrected chi connectivity index (χ0v) is 18.7. The van der Waals surface area contributed by atoms with Gasteiger partial charge in [-0.05, 0) is 37.8 Å². The summed E-state index contributed by atoms with van der Waals surface area (Å²) in [6, 6.07) is 10.6. The second kappa shape index (κ2) is 9.24. The molecule has 2 aliphatic rings. The molecule has 8 nitrogen and oxygen atoms in total. The first-order valence-electron chi connectivity index (χ1n) is 11.6. The number of nitrogens with zero attached hydrogens (tertiary/aromatic N) is 7. The molecular formula is C24H31N7O. The van der Waals surface area contributed by atoms with Crippen molar-refractivity contribution >= 4 is 22.8 Å². The van der Waals surface area contributed by atoms with E-state index in [4.69, 9.17) is 0 Å². The molecule has 0 atom stereocenters. The predicted molar refractivity (Wildman–Crippen MR) is 124 cm³/mol. The molecule has 8 heteroatoms. The second-order valence-electron chi connectivity index (χ2n) is 9.04. The molecule has 1 aromatic carbocycles. The Labute approximate surface area is 188 Å². The number of amides is 1. The van der Waals surface area contributed by atoms with Crippen LogP contribution in [0.1, 0.15) is 18.4 Å². The molecule has 5 rings (SSSR count). The highest BCUT2D eigenvalue weighted by Gasteiger charge is 2.25. The molecule has 168 valence electrons. The first-order chi connectivity index (χ1) is 15.7. The highest BCUT2D eigenvalue weighted by molar-refractivity contribution is 5.88. The summed E-state index contributed by atoms with van der Waals surface area (Å²) in [6.07, 6.45) is 6.60. The molecule has 0 bridgehead atoms. The number of carbonyl (C=O) groups excluding carboxylic acids is 1. The fourth-order valence-corrected chi connectivity index (χ4v) is 4.83. The summed E-state index contributed by atoms with van der Waals surface area (Å²) >= 11 is 0. The van der Waals surface area contributed by atoms with Crippen LogP contribution in [0.4, 0.5) is 5.82 Å². The van der Waals surface area contributed by atoms with Crippen LogP contribution in [0.15, 0.2) is 42.9 Å². The molecule has 3 aromatic rings. The van der Waals surface area contributed by atoms with E-state index >= 15 is 0 Å². The van der Waals surface area contributed by atoms with Gasteiger partial charge in [0.25, 0.3) is 0 Å². The highest BCUT2D eigenvalue weighted by Crippen LogP contribution is 2.25. The summed E-state index contributed by atoms with van der Waals surface area (Å²) in [7, 11) is 2.14. The van der Waals surface area contributed by atoms with Crippen molar-refractivity contribution in [1.29, 1.82) is 0 Å². The van der Waals surface area contributed by atoms with E-state index in [2.05, 4.69) is 62.2 Å². The number of likely N-dealkylation sites (N-methyl/N-ethyl adjacent to an activating group) is 1. The summed E-state index contributed by atoms with van der Waals surface area (Å²) in [6.45, 7) is 5.76. The number of aromatic nitrogens is 4. The average Bonchev–Trinajstić information content (AvgIpc) is 3.24. The minimum atomic E-state index is 0.118. The molecule has 4 heterocycles. The SMILES string of the molecule is CN1CCN(c2ncnc3c2cnn3CC(=O)N2CCC(Cc3ccccc3)CC2)CC1. The van der Waals surface area contributed by atoms with E-state index in [0.717, 1.165) is 75.4 Å². The highest BCUT2D eigenvalue weighted by atomic mass is 16.2. The van der Waals surface area contributed by atoms with Crippen molar-refractivity contribution in [1.82, 2.24) is 29.5 Å². The van der Waals surface area contributed by atoms with E-state index in [-0.39, 0.29) is 12.5 Å². The number of anilines is 1. The first-order valence-corrected chi connectivity index (χ1v) is 11.6. The van der Waals surface area contributed by atoms with E-state index in [1.165, 1.54) is 5.56 Å². The Kier molecular flexibility index (Phi) is 6.03. The van der Waals surface area contributed by atoms with Crippen molar-refractivity contribution in [3.05, 3.63) is 48.4 Å². The van der Waals surface area contributed by atoms with Crippen LogP contribution in [-0.4, -0.2) is 81.8 Å². The van der Waals surface area contributed by atoms with Gasteiger partial charge in [0.1, 0.15) is 18.7 Å². The maximum atomic E-state index is 13.0. The lowest BCUT2D eigenvalue weighted by atomic mass is 9.90. The lowest BCUT2D eigenvalue weighted by molar-refractivity contribution is -0.133. The fourth-order valence-electron chi connectivity index (χ4n) is 4.83. The minimum absolute atomic E-state index is 0.118. The van der Waals surface area contributed by atoms with Crippen LogP contribution < -0.4 is 4.90 Å². The van der Waals surface area contributed by atoms with Crippen LogP contribution in [0.3, 0.4) is 0 Å². The number of carbonyl (C=O) groups is 1. The number of piperidine rings is 1. The molecule has 2 aromatic heterocycles. The van der Waals surface area contributed by atoms with Gasteiger partial charge in [-0.1, -0.05) is 30.3 Å². The summed E-state index contributed by atoms with van der Waals surface area (Å²) in [5, 5.41) is 5.42. The summed E-state index contributed by atoms with van der Waals surface area (Å²) in [5.41, 5.74) is 2.12. The molecule has 32 heavy (non-hydrogen) atoms. The zero-order valence-electron chi connectivity index (χ0n) is 18.7. The van der Waals surface area contributed by atoms with Crippen LogP contribution in [0.5, 0.6) is 0 Å². The zero-order chi connectivity index (χ0) is 21.9. The molecule has 0 saturated carbocycles. The van der Waals surface area contributed by atoms with Gasteiger partial charge in [-0.3, -0.25) is 4.79 Å². The second-order valence-corrected chi connectivity index (χ2v) is 9.04. The van der Waals surface area contributed by atoms with Crippen LogP contribution in [0.25, 0.3) is 11.0 Å². The molecule has 0 unspecified atom stereocenters. The third-order valence-corrected chi connectivity index (χ3v) is 6.83. The number of benzene rings is 1. The first kappa shape index (κ1) is 20.9. The van der Waals surface area contributed by atoms with Gasteiger partial charge in [0.2, 0.25) is 5.91 Å². The fraction of sp³-hybridized carbons (Fsp3) is 0.500. The number of hydrogen-bond donors (Lipinski definition) is 0. The van der Waals surface area contributed by atoms with Crippen molar-refractivity contribution in [3.8, 4) is 0 Å². The smallest absolute Gasteiger partial charge is 0.244 e. The van der Waals surface area contributed by atoms with Gasteiger partial charge in [-0.25, -0.2) is 14.6 Å². The number of piperazine rings is 1. The van der Waals surface area contributed by atoms with Crippen LogP contribution in [-0.2, 0) is 17.8 Å². The molecule has 0 N–H and O–H groups in total. The maximum Gasteiger partial charge on any atom is 0.244 e. The molecular weight excluding hydrogens is 402 g/mol. The molecule has 0 spiro atoms. The molecule has 1 amide bonds. The van der Waals surface area contributed by atoms with Gasteiger partial charge in [-0.2, -0.15) is 5.10 Å². The summed E-state index contributed by atoms with van der Waals surface area (Å²) < 4.78 is 1.73. The van der Waals surface area contributed by atoms with Crippen molar-refractivity contribution in [3.63, 3.8) is 0 Å². The molecule has 0 aliphatic carbocycles. The van der Waals surface area contributed by atoms with Gasteiger partial charge >= 0.3 is 0 Å². The van der Waals surface area contributed by atoms with Crippen molar-refractivity contribution in [2.45, 2.75) is 25.8 Å². The topological polar surface area (TPSA) is 70.4 Å². The standard InChI is InChI=1S/C24H31N7O/c1-28-11-13-30(14-12-28)23-21-16-27-31(24(21)26-18-25-23)17-22(32)29-9-7-20(8-10-29)15-19-5-3-2-4-6-19/h2-6,16,18,20H,7-15,17H2,1H3. The Morgan fingerprint density at radius 1 is 1.00 bits per heavy atom. The normalized spacial score (nSPS) is 18.4. The number of hydrogen-bond acceptors (Lipinski definition) is 6. The maximum absolute atomic E-state index is 13.0. The lowest BCUT2D eigenvalue weighted by Gasteiger charge is -2.33. The number of fused-ring (bicyclic) bond motifs is 1. The van der Waals surface area contributed by atoms with Gasteiger partial charge in [0.05, 0.1) is 11.6 Å². The molecule has 2 aliphatic heterocycles. The monoisotopic (exact) mass is 433 g/mol. The van der Waals surface area contributed by atoms with E-state index < -0.39 is 0 Å². The van der Waals surface area contributed by atoms with E-state index in [0.29, 0.717) is 5.92 Å². The third kappa shape index (κ3) is 4.46. The van der Waals surface area contributed by atoms with Crippen molar-refractivity contribution < 1.29 is 4.79 Å². The van der Waals surface area contributed by atoms with Crippen molar-refractivity contribution in [2.24, 2.45) is 5.92 Å². The third-order valence-electron chi connectivity index (χ3n) is 6.83. The number of rotatable bonds is 5. The molecule has 0 radical (unpaired) electrons. The Hall–Kier alpha value is -3.00. The van der Waals surface area contributed by atoms with Crippen molar-refractivity contribution in [2.75, 3.05) is 51.2 Å². The summed E-state index contributed by atoms with van der Waals surface area (Å²) in [4.78, 5) is 28.6. The van der Waals surface area contributed by atoms with Gasteiger partial charge in [0.15, 0.2) is 5.65 Å². The van der Waals surface area contributed by atoms with E-state index in [9.17, 15) is 4.79 Å². The van der Waals surface area contributed by atoms with E-state index in [1.807, 2.05) is 11.1 Å². The van der Waals surface area contributed by atoms with Crippen LogP contribution in [0, 0.1) is 5.92 Å². The molecule has 2 saturated heterocycles. The summed E-state index contributed by atoms with van der Waals surface area (Å²) in [5.74, 6) is 1.68. The Balaban J connectivity index is 1.21. The van der Waals surface area contributed by atoms with Gasteiger partial charge in [0, 0.05) is 39.3 Å². The minimum Gasteiger partial charge on any atom is -0.353 e. The largest absolute Gasteiger partial charge is 0.353 e. The quantitative estimate of drug-likeness (QED) is 0.614. The van der Waals surface area contributed by atoms with Gasteiger partial charge < -0.3 is 14.7 Å². The van der Waals surface area contributed by atoms with Crippen LogP contribution >= 0.6 is 0 Å². The average molecular weight is 434 g/mol. The lowest BCUT2D eigenvalue weighted by Crippen LogP contribution is -2.44. The van der Waals surface area contributed by atoms with E-state index in [1.54, 1.807) is 11.0 Å².